The normalized spacial score (nSPS) is 18.7. The Morgan fingerprint density at radius 2 is 1.91 bits per heavy atom. The first kappa shape index (κ1) is 10.9. The standard InChI is InChI=1S/C9H14O.Fe/c10-8-9-6-4-2-1-3-5-7-9;/h6,8H,1-5,7H2;. The van der Waals surface area contributed by atoms with E-state index in [-0.39, 0.29) is 17.1 Å². The second kappa shape index (κ2) is 6.63. The molecule has 0 aromatic carbocycles. The summed E-state index contributed by atoms with van der Waals surface area (Å²) >= 11 is 0. The smallest absolute Gasteiger partial charge is 0.145 e. The van der Waals surface area contributed by atoms with E-state index in [1.807, 2.05) is 0 Å². The molecule has 0 aromatic heterocycles. The van der Waals surface area contributed by atoms with Gasteiger partial charge in [-0.2, -0.15) is 0 Å². The molecule has 1 nitrogen and oxygen atoms in total. The van der Waals surface area contributed by atoms with Gasteiger partial charge in [-0.05, 0) is 31.3 Å². The van der Waals surface area contributed by atoms with E-state index < -0.39 is 0 Å². The minimum Gasteiger partial charge on any atom is -0.298 e. The summed E-state index contributed by atoms with van der Waals surface area (Å²) in [5.74, 6) is 0. The van der Waals surface area contributed by atoms with Crippen LogP contribution in [0.1, 0.15) is 38.5 Å². The first-order chi connectivity index (χ1) is 4.93. The third kappa shape index (κ3) is 4.39. The number of aldehydes is 1. The Kier molecular flexibility index (Phi) is 6.59. The monoisotopic (exact) mass is 194 g/mol. The summed E-state index contributed by atoms with van der Waals surface area (Å²) < 4.78 is 0. The van der Waals surface area contributed by atoms with Gasteiger partial charge in [-0.15, -0.1) is 0 Å². The molecule has 0 unspecified atom stereocenters. The molecule has 0 fully saturated rings. The average molecular weight is 194 g/mol. The molecule has 64 valence electrons. The molecule has 0 aliphatic heterocycles. The van der Waals surface area contributed by atoms with Crippen LogP contribution < -0.4 is 0 Å². The van der Waals surface area contributed by atoms with Gasteiger partial charge in [0.25, 0.3) is 0 Å². The largest absolute Gasteiger partial charge is 0.298 e. The van der Waals surface area contributed by atoms with Crippen LogP contribution in [0.3, 0.4) is 0 Å². The van der Waals surface area contributed by atoms with E-state index in [0.29, 0.717) is 0 Å². The molecule has 1 aliphatic carbocycles. The molecular weight excluding hydrogens is 180 g/mol. The maximum absolute atomic E-state index is 10.4. The summed E-state index contributed by atoms with van der Waals surface area (Å²) in [6.07, 6.45) is 10.3. The van der Waals surface area contributed by atoms with Gasteiger partial charge >= 0.3 is 0 Å². The second-order valence-electron chi connectivity index (χ2n) is 2.85. The van der Waals surface area contributed by atoms with Crippen LogP contribution in [0.15, 0.2) is 11.6 Å². The molecule has 0 aromatic rings. The van der Waals surface area contributed by atoms with Gasteiger partial charge in [-0.1, -0.05) is 18.9 Å². The predicted molar refractivity (Wildman–Crippen MR) is 41.8 cm³/mol. The van der Waals surface area contributed by atoms with Crippen molar-refractivity contribution in [1.29, 1.82) is 0 Å². The third-order valence-electron chi connectivity index (χ3n) is 1.98. The Balaban J connectivity index is 0.000001000. The minimum absolute atomic E-state index is 0. The summed E-state index contributed by atoms with van der Waals surface area (Å²) in [6.45, 7) is 0. The van der Waals surface area contributed by atoms with Gasteiger partial charge in [-0.3, -0.25) is 4.79 Å². The van der Waals surface area contributed by atoms with Crippen molar-refractivity contribution < 1.29 is 21.9 Å². The van der Waals surface area contributed by atoms with Crippen molar-refractivity contribution in [2.75, 3.05) is 0 Å². The van der Waals surface area contributed by atoms with Crippen LogP contribution in [0.2, 0.25) is 0 Å². The molecule has 1 aliphatic rings. The molecule has 1 rings (SSSR count). The van der Waals surface area contributed by atoms with Crippen LogP contribution in [0.4, 0.5) is 0 Å². The van der Waals surface area contributed by atoms with Crippen LogP contribution >= 0.6 is 0 Å². The molecule has 0 amide bonds. The molecule has 0 bridgehead atoms. The SMILES string of the molecule is O=CC1=CCCCCCC1.[Fe]. The Bertz CT molecular complexity index is 140. The molecule has 0 atom stereocenters. The van der Waals surface area contributed by atoms with E-state index in [4.69, 9.17) is 0 Å². The minimum atomic E-state index is 0. The zero-order chi connectivity index (χ0) is 7.23. The Labute approximate surface area is 78.7 Å². The van der Waals surface area contributed by atoms with Crippen molar-refractivity contribution in [2.24, 2.45) is 0 Å². The summed E-state index contributed by atoms with van der Waals surface area (Å²) in [6, 6.07) is 0. The van der Waals surface area contributed by atoms with Crippen molar-refractivity contribution in [3.8, 4) is 0 Å². The fraction of sp³-hybridized carbons (Fsp3) is 0.667. The Hall–Kier alpha value is -0.0705. The number of hydrogen-bond acceptors (Lipinski definition) is 1. The number of carbonyl (C=O) groups is 1. The third-order valence-corrected chi connectivity index (χ3v) is 1.98. The molecule has 0 saturated carbocycles. The number of allylic oxidation sites excluding steroid dienone is 2. The molecule has 11 heavy (non-hydrogen) atoms. The van der Waals surface area contributed by atoms with E-state index >= 15 is 0 Å². The van der Waals surface area contributed by atoms with Crippen molar-refractivity contribution in [2.45, 2.75) is 38.5 Å². The Morgan fingerprint density at radius 3 is 2.64 bits per heavy atom. The summed E-state index contributed by atoms with van der Waals surface area (Å²) in [4.78, 5) is 10.4. The van der Waals surface area contributed by atoms with Crippen LogP contribution in [0.5, 0.6) is 0 Å². The maximum atomic E-state index is 10.4. The van der Waals surface area contributed by atoms with Gasteiger partial charge in [-0.25, -0.2) is 0 Å². The van der Waals surface area contributed by atoms with E-state index in [0.717, 1.165) is 24.7 Å². The second-order valence-corrected chi connectivity index (χ2v) is 2.85. The van der Waals surface area contributed by atoms with Gasteiger partial charge in [0.1, 0.15) is 6.29 Å². The van der Waals surface area contributed by atoms with Gasteiger partial charge in [0, 0.05) is 17.1 Å². The van der Waals surface area contributed by atoms with E-state index in [1.165, 1.54) is 25.7 Å². The van der Waals surface area contributed by atoms with Crippen LogP contribution in [0, 0.1) is 0 Å². The van der Waals surface area contributed by atoms with Crippen LogP contribution in [0.25, 0.3) is 0 Å². The van der Waals surface area contributed by atoms with Crippen molar-refractivity contribution >= 4 is 6.29 Å². The van der Waals surface area contributed by atoms with Crippen molar-refractivity contribution in [3.63, 3.8) is 0 Å². The van der Waals surface area contributed by atoms with Crippen LogP contribution in [-0.4, -0.2) is 6.29 Å². The van der Waals surface area contributed by atoms with Gasteiger partial charge in [0.2, 0.25) is 0 Å². The molecule has 0 N–H and O–H groups in total. The predicted octanol–water partition coefficient (Wildman–Crippen LogP) is 2.46. The molecular formula is C9H14FeO. The summed E-state index contributed by atoms with van der Waals surface area (Å²) in [5.41, 5.74) is 1.01. The fourth-order valence-corrected chi connectivity index (χ4v) is 1.32. The van der Waals surface area contributed by atoms with Gasteiger partial charge < -0.3 is 0 Å². The van der Waals surface area contributed by atoms with Gasteiger partial charge in [0.05, 0.1) is 0 Å². The average Bonchev–Trinajstić information content (AvgIpc) is 1.87. The number of rotatable bonds is 1. The van der Waals surface area contributed by atoms with E-state index in [9.17, 15) is 4.79 Å². The zero-order valence-corrected chi connectivity index (χ0v) is 7.76. The topological polar surface area (TPSA) is 17.1 Å². The number of carbonyl (C=O) groups excluding carboxylic acids is 1. The summed E-state index contributed by atoms with van der Waals surface area (Å²) in [7, 11) is 0. The molecule has 0 radical (unpaired) electrons. The molecule has 0 spiro atoms. The number of hydrogen-bond donors (Lipinski definition) is 0. The molecule has 0 heterocycles. The van der Waals surface area contributed by atoms with Crippen molar-refractivity contribution in [1.82, 2.24) is 0 Å². The first-order valence-electron chi connectivity index (χ1n) is 4.07. The summed E-state index contributed by atoms with van der Waals surface area (Å²) in [5, 5.41) is 0. The van der Waals surface area contributed by atoms with Crippen LogP contribution in [-0.2, 0) is 21.9 Å². The molecule has 0 saturated heterocycles. The Morgan fingerprint density at radius 1 is 1.18 bits per heavy atom. The van der Waals surface area contributed by atoms with E-state index in [2.05, 4.69) is 6.08 Å². The maximum Gasteiger partial charge on any atom is 0.145 e. The van der Waals surface area contributed by atoms with Gasteiger partial charge in [0.15, 0.2) is 0 Å². The fourth-order valence-electron chi connectivity index (χ4n) is 1.32. The quantitative estimate of drug-likeness (QED) is 0.462. The first-order valence-corrected chi connectivity index (χ1v) is 4.07. The van der Waals surface area contributed by atoms with E-state index in [1.54, 1.807) is 0 Å². The van der Waals surface area contributed by atoms with Crippen molar-refractivity contribution in [3.05, 3.63) is 11.6 Å². The molecule has 2 heteroatoms. The zero-order valence-electron chi connectivity index (χ0n) is 6.66.